The Morgan fingerprint density at radius 3 is 2.37 bits per heavy atom. The molecule has 3 aromatic carbocycles. The molecule has 30 heavy (non-hydrogen) atoms. The number of hydrogen-bond acceptors (Lipinski definition) is 4. The van der Waals surface area contributed by atoms with E-state index in [0.717, 1.165) is 5.56 Å². The lowest BCUT2D eigenvalue weighted by Crippen LogP contribution is -2.13. The molecule has 3 aromatic rings. The highest BCUT2D eigenvalue weighted by Crippen LogP contribution is 2.32. The van der Waals surface area contributed by atoms with Gasteiger partial charge in [0.15, 0.2) is 16.4 Å². The van der Waals surface area contributed by atoms with Crippen molar-refractivity contribution in [3.63, 3.8) is 0 Å². The molecule has 0 unspecified atom stereocenters. The van der Waals surface area contributed by atoms with E-state index >= 15 is 0 Å². The van der Waals surface area contributed by atoms with Crippen molar-refractivity contribution >= 4 is 15.8 Å². The third-order valence-corrected chi connectivity index (χ3v) is 6.53. The van der Waals surface area contributed by atoms with Gasteiger partial charge < -0.3 is 9.84 Å². The average Bonchev–Trinajstić information content (AvgIpc) is 2.69. The van der Waals surface area contributed by atoms with Gasteiger partial charge >= 0.3 is 5.97 Å². The van der Waals surface area contributed by atoms with Crippen LogP contribution in [0.4, 0.5) is 4.39 Å². The predicted molar refractivity (Wildman–Crippen MR) is 112 cm³/mol. The number of ether oxygens (including phenoxy) is 1. The van der Waals surface area contributed by atoms with Crippen molar-refractivity contribution in [1.82, 2.24) is 0 Å². The lowest BCUT2D eigenvalue weighted by Gasteiger charge is -2.15. The second kappa shape index (κ2) is 8.67. The highest BCUT2D eigenvalue weighted by molar-refractivity contribution is 7.90. The van der Waals surface area contributed by atoms with Crippen molar-refractivity contribution in [3.8, 4) is 16.9 Å². The SMILES string of the molecule is Cc1ccc(S(=O)(=O)Cc2cc(-c3ccccc3)ccc2F)c(C)c1OCC(=O)O. The van der Waals surface area contributed by atoms with Gasteiger partial charge in [-0.2, -0.15) is 0 Å². The summed E-state index contributed by atoms with van der Waals surface area (Å²) in [7, 11) is -3.91. The van der Waals surface area contributed by atoms with Crippen molar-refractivity contribution < 1.29 is 27.4 Å². The van der Waals surface area contributed by atoms with Crippen molar-refractivity contribution in [2.75, 3.05) is 6.61 Å². The van der Waals surface area contributed by atoms with E-state index in [1.165, 1.54) is 18.2 Å². The van der Waals surface area contributed by atoms with E-state index in [-0.39, 0.29) is 16.2 Å². The van der Waals surface area contributed by atoms with E-state index in [1.54, 1.807) is 26.0 Å². The molecule has 0 amide bonds. The number of hydrogen-bond donors (Lipinski definition) is 1. The standard InChI is InChI=1S/C23H21FO5S/c1-15-8-11-21(16(2)23(15)29-13-22(25)26)30(27,28)14-19-12-18(9-10-20(19)24)17-6-4-3-5-7-17/h3-12H,13-14H2,1-2H3,(H,25,26). The van der Waals surface area contributed by atoms with Crippen LogP contribution in [0.15, 0.2) is 65.6 Å². The first-order valence-electron chi connectivity index (χ1n) is 9.20. The Hall–Kier alpha value is -3.19. The molecule has 0 heterocycles. The molecule has 0 aromatic heterocycles. The Morgan fingerprint density at radius 2 is 1.70 bits per heavy atom. The molecule has 1 N–H and O–H groups in total. The molecule has 156 valence electrons. The van der Waals surface area contributed by atoms with Crippen LogP contribution in [0.3, 0.4) is 0 Å². The van der Waals surface area contributed by atoms with Crippen LogP contribution in [0, 0.1) is 19.7 Å². The third kappa shape index (κ3) is 4.68. The molecular formula is C23H21FO5S. The minimum absolute atomic E-state index is 0.0157. The maximum atomic E-state index is 14.4. The maximum absolute atomic E-state index is 14.4. The zero-order valence-electron chi connectivity index (χ0n) is 16.6. The second-order valence-electron chi connectivity index (χ2n) is 6.95. The molecule has 7 heteroatoms. The number of sulfone groups is 1. The number of rotatable bonds is 7. The maximum Gasteiger partial charge on any atom is 0.341 e. The first-order chi connectivity index (χ1) is 14.2. The van der Waals surface area contributed by atoms with Crippen molar-refractivity contribution in [2.45, 2.75) is 24.5 Å². The highest BCUT2D eigenvalue weighted by Gasteiger charge is 2.23. The topological polar surface area (TPSA) is 80.7 Å². The van der Waals surface area contributed by atoms with Crippen LogP contribution in [-0.2, 0) is 20.4 Å². The summed E-state index contributed by atoms with van der Waals surface area (Å²) in [6.45, 7) is 2.66. The second-order valence-corrected chi connectivity index (χ2v) is 8.91. The number of carbonyl (C=O) groups is 1. The van der Waals surface area contributed by atoms with Crippen molar-refractivity contribution in [3.05, 3.63) is 83.2 Å². The number of carboxylic acids is 1. The number of aryl methyl sites for hydroxylation is 1. The molecule has 0 fully saturated rings. The lowest BCUT2D eigenvalue weighted by atomic mass is 10.0. The fraction of sp³-hybridized carbons (Fsp3) is 0.174. The minimum atomic E-state index is -3.91. The molecule has 5 nitrogen and oxygen atoms in total. The minimum Gasteiger partial charge on any atom is -0.481 e. The quantitative estimate of drug-likeness (QED) is 0.597. The summed E-state index contributed by atoms with van der Waals surface area (Å²) in [6.07, 6.45) is 0. The van der Waals surface area contributed by atoms with Gasteiger partial charge in [-0.05, 0) is 48.7 Å². The molecule has 3 rings (SSSR count). The Bertz CT molecular complexity index is 1190. The van der Waals surface area contributed by atoms with E-state index in [4.69, 9.17) is 9.84 Å². The van der Waals surface area contributed by atoms with Crippen LogP contribution in [0.1, 0.15) is 16.7 Å². The van der Waals surface area contributed by atoms with E-state index in [9.17, 15) is 17.6 Å². The van der Waals surface area contributed by atoms with Gasteiger partial charge in [-0.25, -0.2) is 17.6 Å². The van der Waals surface area contributed by atoms with Gasteiger partial charge in [0, 0.05) is 11.1 Å². The van der Waals surface area contributed by atoms with Gasteiger partial charge in [-0.15, -0.1) is 0 Å². The van der Waals surface area contributed by atoms with Crippen molar-refractivity contribution in [2.24, 2.45) is 0 Å². The van der Waals surface area contributed by atoms with Gasteiger partial charge in [0.05, 0.1) is 10.6 Å². The Kier molecular flexibility index (Phi) is 6.22. The zero-order chi connectivity index (χ0) is 21.9. The number of aliphatic carboxylic acids is 1. The number of benzene rings is 3. The smallest absolute Gasteiger partial charge is 0.341 e. The van der Waals surface area contributed by atoms with Crippen LogP contribution >= 0.6 is 0 Å². The van der Waals surface area contributed by atoms with Crippen LogP contribution in [-0.4, -0.2) is 26.1 Å². The molecule has 0 aliphatic heterocycles. The average molecular weight is 428 g/mol. The van der Waals surface area contributed by atoms with Gasteiger partial charge in [0.1, 0.15) is 11.6 Å². The van der Waals surface area contributed by atoms with E-state index in [0.29, 0.717) is 16.7 Å². The van der Waals surface area contributed by atoms with Crippen LogP contribution in [0.5, 0.6) is 5.75 Å². The summed E-state index contributed by atoms with van der Waals surface area (Å²) < 4.78 is 45.9. The molecular weight excluding hydrogens is 407 g/mol. The first kappa shape index (κ1) is 21.5. The third-order valence-electron chi connectivity index (χ3n) is 4.73. The molecule has 0 saturated heterocycles. The van der Waals surface area contributed by atoms with Gasteiger partial charge in [-0.3, -0.25) is 0 Å². The fourth-order valence-electron chi connectivity index (χ4n) is 3.28. The number of carboxylic acid groups (broad SMARTS) is 1. The molecule has 0 spiro atoms. The summed E-state index contributed by atoms with van der Waals surface area (Å²) in [4.78, 5) is 10.8. The van der Waals surface area contributed by atoms with Crippen LogP contribution in [0.25, 0.3) is 11.1 Å². The zero-order valence-corrected chi connectivity index (χ0v) is 17.4. The summed E-state index contributed by atoms with van der Waals surface area (Å²) >= 11 is 0. The molecule has 0 radical (unpaired) electrons. The first-order valence-corrected chi connectivity index (χ1v) is 10.9. The molecule has 0 saturated carbocycles. The van der Waals surface area contributed by atoms with Gasteiger partial charge in [0.25, 0.3) is 0 Å². The molecule has 0 aliphatic rings. The van der Waals surface area contributed by atoms with Gasteiger partial charge in [0.2, 0.25) is 0 Å². The summed E-state index contributed by atoms with van der Waals surface area (Å²) in [5.41, 5.74) is 2.55. The van der Waals surface area contributed by atoms with E-state index in [2.05, 4.69) is 0 Å². The molecule has 0 aliphatic carbocycles. The summed E-state index contributed by atoms with van der Waals surface area (Å²) in [5, 5.41) is 8.85. The van der Waals surface area contributed by atoms with Crippen LogP contribution in [0.2, 0.25) is 0 Å². The largest absolute Gasteiger partial charge is 0.481 e. The normalized spacial score (nSPS) is 11.3. The van der Waals surface area contributed by atoms with Gasteiger partial charge in [-0.1, -0.05) is 42.5 Å². The molecule has 0 atom stereocenters. The summed E-state index contributed by atoms with van der Waals surface area (Å²) in [6, 6.07) is 16.7. The van der Waals surface area contributed by atoms with Crippen molar-refractivity contribution in [1.29, 1.82) is 0 Å². The highest BCUT2D eigenvalue weighted by atomic mass is 32.2. The molecule has 0 bridgehead atoms. The van der Waals surface area contributed by atoms with Crippen LogP contribution < -0.4 is 4.74 Å². The fourth-order valence-corrected chi connectivity index (χ4v) is 4.90. The van der Waals surface area contributed by atoms with E-state index < -0.39 is 34.0 Å². The van der Waals surface area contributed by atoms with E-state index in [1.807, 2.05) is 30.3 Å². The Morgan fingerprint density at radius 1 is 1.00 bits per heavy atom. The lowest BCUT2D eigenvalue weighted by molar-refractivity contribution is -0.139. The summed E-state index contributed by atoms with van der Waals surface area (Å²) in [5.74, 6) is -2.09. The Balaban J connectivity index is 1.98. The monoisotopic (exact) mass is 428 g/mol. The number of halogens is 1. The Labute approximate surface area is 174 Å². The predicted octanol–water partition coefficient (Wildman–Crippen LogP) is 4.55.